The Morgan fingerprint density at radius 3 is 2.59 bits per heavy atom. The molecule has 5 nitrogen and oxygen atoms in total. The number of amides is 1. The second kappa shape index (κ2) is 9.43. The number of carbonyl (C=O) groups excluding carboxylic acids is 1. The van der Waals surface area contributed by atoms with E-state index in [0.717, 1.165) is 14.9 Å². The zero-order chi connectivity index (χ0) is 19.2. The van der Waals surface area contributed by atoms with Crippen LogP contribution in [0.2, 0.25) is 0 Å². The van der Waals surface area contributed by atoms with Gasteiger partial charge in [0, 0.05) is 0 Å². The highest BCUT2D eigenvalue weighted by Crippen LogP contribution is 2.35. The Labute approximate surface area is 180 Å². The molecule has 0 bridgehead atoms. The summed E-state index contributed by atoms with van der Waals surface area (Å²) < 4.78 is 18.3. The lowest BCUT2D eigenvalue weighted by Crippen LogP contribution is -2.17. The number of hydrogen-bond donors (Lipinski definition) is 1. The van der Waals surface area contributed by atoms with Crippen LogP contribution in [-0.4, -0.2) is 30.6 Å². The van der Waals surface area contributed by atoms with Gasteiger partial charge in [0.2, 0.25) is 0 Å². The first-order valence-corrected chi connectivity index (χ1v) is 10.3. The Bertz CT molecular complexity index is 887. The Kier molecular flexibility index (Phi) is 6.97. The molecule has 2 aromatic carbocycles. The van der Waals surface area contributed by atoms with Crippen molar-refractivity contribution >= 4 is 62.9 Å². The minimum Gasteiger partial charge on any atom is -0.493 e. The van der Waals surface area contributed by atoms with E-state index in [4.69, 9.17) is 26.4 Å². The molecule has 0 saturated carbocycles. The summed E-state index contributed by atoms with van der Waals surface area (Å²) >= 11 is 8.44. The molecule has 0 aromatic heterocycles. The molecule has 8 heteroatoms. The Morgan fingerprint density at radius 2 is 1.93 bits per heavy atom. The molecule has 0 spiro atoms. The zero-order valence-corrected chi connectivity index (χ0v) is 18.2. The third-order valence-corrected chi connectivity index (χ3v) is 5.50. The van der Waals surface area contributed by atoms with Crippen LogP contribution >= 0.6 is 46.6 Å². The number of para-hydroxylation sites is 1. The molecule has 0 atom stereocenters. The number of thioether (sulfide) groups is 1. The van der Waals surface area contributed by atoms with E-state index in [9.17, 15) is 4.79 Å². The maximum atomic E-state index is 11.8. The average molecular weight is 513 g/mol. The molecular weight excluding hydrogens is 497 g/mol. The fourth-order valence-electron chi connectivity index (χ4n) is 2.36. The number of methoxy groups -OCH3 is 1. The first-order valence-electron chi connectivity index (χ1n) is 8.00. The van der Waals surface area contributed by atoms with Crippen molar-refractivity contribution in [3.05, 3.63) is 56.5 Å². The van der Waals surface area contributed by atoms with E-state index in [2.05, 4.69) is 27.9 Å². The third kappa shape index (κ3) is 5.36. The van der Waals surface area contributed by atoms with Crippen LogP contribution in [0.5, 0.6) is 17.2 Å². The summed E-state index contributed by atoms with van der Waals surface area (Å²) in [5, 5.41) is 2.60. The number of halogens is 1. The van der Waals surface area contributed by atoms with Gasteiger partial charge < -0.3 is 19.5 Å². The number of rotatable bonds is 7. The van der Waals surface area contributed by atoms with E-state index in [0.29, 0.717) is 33.9 Å². The SMILES string of the molecule is COc1cc(C=C2SC(=S)NC2=O)cc(I)c1OCCOc1ccccc1. The second-order valence-corrected chi connectivity index (χ2v) is 8.28. The monoisotopic (exact) mass is 513 g/mol. The van der Waals surface area contributed by atoms with Crippen molar-refractivity contribution < 1.29 is 19.0 Å². The molecular formula is C19H16INO4S2. The minimum atomic E-state index is -0.183. The normalized spacial score (nSPS) is 15.0. The van der Waals surface area contributed by atoms with Crippen molar-refractivity contribution in [2.24, 2.45) is 0 Å². The van der Waals surface area contributed by atoms with Gasteiger partial charge in [-0.1, -0.05) is 42.2 Å². The van der Waals surface area contributed by atoms with E-state index >= 15 is 0 Å². The molecule has 0 unspecified atom stereocenters. The van der Waals surface area contributed by atoms with Gasteiger partial charge >= 0.3 is 0 Å². The van der Waals surface area contributed by atoms with Crippen LogP contribution in [0, 0.1) is 3.57 Å². The number of ether oxygens (including phenoxy) is 3. The van der Waals surface area contributed by atoms with Crippen LogP contribution < -0.4 is 19.5 Å². The van der Waals surface area contributed by atoms with E-state index in [1.165, 1.54) is 11.8 Å². The molecule has 1 heterocycles. The first-order chi connectivity index (χ1) is 13.1. The molecule has 27 heavy (non-hydrogen) atoms. The molecule has 0 radical (unpaired) electrons. The Morgan fingerprint density at radius 1 is 1.19 bits per heavy atom. The van der Waals surface area contributed by atoms with Gasteiger partial charge in [-0.3, -0.25) is 4.79 Å². The lowest BCUT2D eigenvalue weighted by Gasteiger charge is -2.14. The molecule has 1 aliphatic rings. The number of nitrogens with one attached hydrogen (secondary N) is 1. The summed E-state index contributed by atoms with van der Waals surface area (Å²) in [5.74, 6) is 1.86. The van der Waals surface area contributed by atoms with Gasteiger partial charge in [0.15, 0.2) is 11.5 Å². The first kappa shape index (κ1) is 20.0. The van der Waals surface area contributed by atoms with Crippen LogP contribution in [0.4, 0.5) is 0 Å². The number of carbonyl (C=O) groups is 1. The minimum absolute atomic E-state index is 0.183. The summed E-state index contributed by atoms with van der Waals surface area (Å²) in [5.41, 5.74) is 0.839. The van der Waals surface area contributed by atoms with Gasteiger partial charge in [-0.2, -0.15) is 0 Å². The highest BCUT2D eigenvalue weighted by Gasteiger charge is 2.22. The lowest BCUT2D eigenvalue weighted by atomic mass is 10.2. The van der Waals surface area contributed by atoms with Crippen molar-refractivity contribution in [3.63, 3.8) is 0 Å². The van der Waals surface area contributed by atoms with E-state index < -0.39 is 0 Å². The van der Waals surface area contributed by atoms with Crippen molar-refractivity contribution in [2.75, 3.05) is 20.3 Å². The molecule has 0 aliphatic carbocycles. The van der Waals surface area contributed by atoms with E-state index in [1.807, 2.05) is 42.5 Å². The highest BCUT2D eigenvalue weighted by atomic mass is 127. The topological polar surface area (TPSA) is 56.8 Å². The number of benzene rings is 2. The van der Waals surface area contributed by atoms with Gasteiger partial charge in [-0.15, -0.1) is 0 Å². The van der Waals surface area contributed by atoms with Crippen LogP contribution in [-0.2, 0) is 4.79 Å². The van der Waals surface area contributed by atoms with Gasteiger partial charge in [0.25, 0.3) is 5.91 Å². The molecule has 1 N–H and O–H groups in total. The van der Waals surface area contributed by atoms with Gasteiger partial charge in [0.1, 0.15) is 23.3 Å². The third-order valence-electron chi connectivity index (χ3n) is 3.53. The lowest BCUT2D eigenvalue weighted by molar-refractivity contribution is -0.115. The van der Waals surface area contributed by atoms with Crippen molar-refractivity contribution in [1.82, 2.24) is 5.32 Å². The molecule has 3 rings (SSSR count). The van der Waals surface area contributed by atoms with Gasteiger partial charge in [0.05, 0.1) is 15.6 Å². The Balaban J connectivity index is 1.68. The largest absolute Gasteiger partial charge is 0.493 e. The van der Waals surface area contributed by atoms with Crippen LogP contribution in [0.3, 0.4) is 0 Å². The van der Waals surface area contributed by atoms with E-state index in [1.54, 1.807) is 13.2 Å². The van der Waals surface area contributed by atoms with Crippen molar-refractivity contribution in [3.8, 4) is 17.2 Å². The zero-order valence-electron chi connectivity index (χ0n) is 14.4. The van der Waals surface area contributed by atoms with Gasteiger partial charge in [-0.25, -0.2) is 0 Å². The quantitative estimate of drug-likeness (QED) is 0.259. The van der Waals surface area contributed by atoms with Crippen molar-refractivity contribution in [2.45, 2.75) is 0 Å². The summed E-state index contributed by atoms with van der Waals surface area (Å²) in [4.78, 5) is 12.4. The predicted molar refractivity (Wildman–Crippen MR) is 119 cm³/mol. The number of hydrogen-bond acceptors (Lipinski definition) is 6. The van der Waals surface area contributed by atoms with Crippen LogP contribution in [0.1, 0.15) is 5.56 Å². The fourth-order valence-corrected chi connectivity index (χ4v) is 4.18. The van der Waals surface area contributed by atoms with E-state index in [-0.39, 0.29) is 5.91 Å². The van der Waals surface area contributed by atoms with Gasteiger partial charge in [-0.05, 0) is 58.5 Å². The average Bonchev–Trinajstić information content (AvgIpc) is 2.97. The summed E-state index contributed by atoms with van der Waals surface area (Å²) in [6.45, 7) is 0.803. The predicted octanol–water partition coefficient (Wildman–Crippen LogP) is 4.25. The molecule has 1 fully saturated rings. The summed E-state index contributed by atoms with van der Waals surface area (Å²) in [7, 11) is 1.59. The fraction of sp³-hybridized carbons (Fsp3) is 0.158. The number of thiocarbonyl (C=S) groups is 1. The smallest absolute Gasteiger partial charge is 0.263 e. The maximum absolute atomic E-state index is 11.8. The highest BCUT2D eigenvalue weighted by molar-refractivity contribution is 14.1. The van der Waals surface area contributed by atoms with Crippen LogP contribution in [0.25, 0.3) is 6.08 Å². The Hall–Kier alpha value is -1.78. The van der Waals surface area contributed by atoms with Crippen molar-refractivity contribution in [1.29, 1.82) is 0 Å². The maximum Gasteiger partial charge on any atom is 0.263 e. The molecule has 1 amide bonds. The molecule has 140 valence electrons. The summed E-state index contributed by atoms with van der Waals surface area (Å²) in [6.07, 6.45) is 1.78. The molecule has 2 aromatic rings. The molecule has 1 aliphatic heterocycles. The second-order valence-electron chi connectivity index (χ2n) is 5.40. The standard InChI is InChI=1S/C19H16INO4S2/c1-23-15-10-12(11-16-18(22)21-19(26)27-16)9-14(20)17(15)25-8-7-24-13-5-3-2-4-6-13/h2-6,9-11H,7-8H2,1H3,(H,21,22,26). The van der Waals surface area contributed by atoms with Crippen LogP contribution in [0.15, 0.2) is 47.4 Å². The molecule has 1 saturated heterocycles. The summed E-state index contributed by atoms with van der Waals surface area (Å²) in [6, 6.07) is 13.3.